The maximum atomic E-state index is 11.4. The number of hydrogen-bond donors (Lipinski definition) is 0. The first-order chi connectivity index (χ1) is 16.2. The number of nitriles is 1. The molecule has 0 aliphatic heterocycles. The number of nitrogens with zero attached hydrogens (tertiary/aromatic N) is 3. The van der Waals surface area contributed by atoms with Gasteiger partial charge in [0.25, 0.3) is 5.69 Å². The minimum absolute atomic E-state index is 0.0219. The van der Waals surface area contributed by atoms with Crippen LogP contribution in [0.4, 0.5) is 10.7 Å². The molecule has 0 saturated carbocycles. The number of hydrogen-bond acceptors (Lipinski definition) is 6. The number of aryl methyl sites for hydroxylation is 1. The van der Waals surface area contributed by atoms with E-state index in [0.29, 0.717) is 22.0 Å². The largest absolute Gasteiger partial charge is 0.270 e. The normalized spacial score (nSPS) is 15.8. The highest BCUT2D eigenvalue weighted by molar-refractivity contribution is 7.99. The number of rotatable bonds is 5. The molecule has 5 nitrogen and oxygen atoms in total. The molecule has 0 unspecified atom stereocenters. The number of benzene rings is 2. The molecule has 1 atom stereocenters. The van der Waals surface area contributed by atoms with Gasteiger partial charge in [0, 0.05) is 38.6 Å². The van der Waals surface area contributed by atoms with Crippen molar-refractivity contribution in [2.24, 2.45) is 16.3 Å². The number of fused-ring (bicyclic) bond motifs is 1. The van der Waals surface area contributed by atoms with Crippen molar-refractivity contribution >= 4 is 40.0 Å². The lowest BCUT2D eigenvalue weighted by Crippen LogP contribution is -2.26. The van der Waals surface area contributed by atoms with Gasteiger partial charge in [0.15, 0.2) is 0 Å². The zero-order chi connectivity index (χ0) is 24.5. The van der Waals surface area contributed by atoms with Crippen molar-refractivity contribution in [1.29, 1.82) is 5.26 Å². The van der Waals surface area contributed by atoms with Gasteiger partial charge in [0.1, 0.15) is 11.1 Å². The second kappa shape index (κ2) is 9.73. The number of non-ortho nitro benzene ring substituents is 1. The Morgan fingerprint density at radius 2 is 1.97 bits per heavy atom. The minimum Gasteiger partial charge on any atom is -0.258 e. The van der Waals surface area contributed by atoms with E-state index in [2.05, 4.69) is 26.8 Å². The lowest BCUT2D eigenvalue weighted by molar-refractivity contribution is -0.384. The van der Waals surface area contributed by atoms with Gasteiger partial charge in [0.05, 0.1) is 10.5 Å². The summed E-state index contributed by atoms with van der Waals surface area (Å²) in [7, 11) is 0. The molecule has 0 fully saturated rings. The van der Waals surface area contributed by atoms with Crippen LogP contribution in [0, 0.1) is 39.7 Å². The second-order valence-electron chi connectivity index (χ2n) is 9.75. The van der Waals surface area contributed by atoms with E-state index in [-0.39, 0.29) is 11.1 Å². The third-order valence-electron chi connectivity index (χ3n) is 6.36. The van der Waals surface area contributed by atoms with Crippen molar-refractivity contribution in [3.8, 4) is 6.07 Å². The Kier molecular flexibility index (Phi) is 6.92. The Balaban J connectivity index is 1.68. The molecule has 34 heavy (non-hydrogen) atoms. The van der Waals surface area contributed by atoms with Gasteiger partial charge in [-0.25, -0.2) is 4.99 Å². The summed E-state index contributed by atoms with van der Waals surface area (Å²) in [4.78, 5) is 18.9. The molecule has 0 N–H and O–H groups in total. The molecular weight excluding hydrogens is 462 g/mol. The predicted octanol–water partition coefficient (Wildman–Crippen LogP) is 7.89. The van der Waals surface area contributed by atoms with Gasteiger partial charge in [-0.3, -0.25) is 10.1 Å². The van der Waals surface area contributed by atoms with E-state index in [9.17, 15) is 15.4 Å². The van der Waals surface area contributed by atoms with Gasteiger partial charge < -0.3 is 0 Å². The van der Waals surface area contributed by atoms with Crippen LogP contribution in [0.3, 0.4) is 0 Å². The van der Waals surface area contributed by atoms with Crippen molar-refractivity contribution in [2.75, 3.05) is 0 Å². The first kappa shape index (κ1) is 24.2. The van der Waals surface area contributed by atoms with Gasteiger partial charge in [-0.2, -0.15) is 5.26 Å². The molecule has 0 saturated heterocycles. The third-order valence-corrected chi connectivity index (χ3v) is 8.62. The van der Waals surface area contributed by atoms with Gasteiger partial charge in [-0.05, 0) is 61.3 Å². The van der Waals surface area contributed by atoms with Crippen LogP contribution in [-0.4, -0.2) is 11.1 Å². The summed E-state index contributed by atoms with van der Waals surface area (Å²) in [6.07, 6.45) is 4.62. The van der Waals surface area contributed by atoms with E-state index in [1.807, 2.05) is 31.2 Å². The SMILES string of the molecule is Cc1ccc(Sc2ccc([N+](=O)[O-])cc2C=Nc2sc3c(c2C#N)CC[C@H](C(C)(C)C)C3)cc1. The highest BCUT2D eigenvalue weighted by atomic mass is 32.2. The van der Waals surface area contributed by atoms with Crippen LogP contribution in [0.5, 0.6) is 0 Å². The molecule has 0 spiro atoms. The van der Waals surface area contributed by atoms with Crippen molar-refractivity contribution in [3.63, 3.8) is 0 Å². The Labute approximate surface area is 208 Å². The van der Waals surface area contributed by atoms with Crippen LogP contribution < -0.4 is 0 Å². The summed E-state index contributed by atoms with van der Waals surface area (Å²) in [6.45, 7) is 8.86. The highest BCUT2D eigenvalue weighted by Gasteiger charge is 2.32. The zero-order valence-electron chi connectivity index (χ0n) is 19.8. The average Bonchev–Trinajstić information content (AvgIpc) is 3.15. The van der Waals surface area contributed by atoms with Crippen LogP contribution in [0.15, 0.2) is 57.2 Å². The number of thiophene rings is 1. The minimum atomic E-state index is -0.394. The summed E-state index contributed by atoms with van der Waals surface area (Å²) in [5.74, 6) is 0.580. The first-order valence-electron chi connectivity index (χ1n) is 11.3. The van der Waals surface area contributed by atoms with E-state index < -0.39 is 4.92 Å². The molecule has 7 heteroatoms. The Morgan fingerprint density at radius 1 is 1.24 bits per heavy atom. The monoisotopic (exact) mass is 489 g/mol. The molecule has 0 amide bonds. The van der Waals surface area contributed by atoms with Gasteiger partial charge in [-0.1, -0.05) is 50.2 Å². The average molecular weight is 490 g/mol. The molecule has 1 aliphatic rings. The molecule has 1 aromatic heterocycles. The third kappa shape index (κ3) is 5.24. The maximum absolute atomic E-state index is 11.4. The van der Waals surface area contributed by atoms with Gasteiger partial charge >= 0.3 is 0 Å². The van der Waals surface area contributed by atoms with Crippen LogP contribution in [0.25, 0.3) is 0 Å². The van der Waals surface area contributed by atoms with Crippen LogP contribution >= 0.6 is 23.1 Å². The summed E-state index contributed by atoms with van der Waals surface area (Å²) >= 11 is 3.13. The molecule has 1 heterocycles. The molecule has 2 aromatic carbocycles. The van der Waals surface area contributed by atoms with Gasteiger partial charge in [0.2, 0.25) is 0 Å². The quantitative estimate of drug-likeness (QED) is 0.207. The van der Waals surface area contributed by atoms with E-state index in [0.717, 1.165) is 34.6 Å². The van der Waals surface area contributed by atoms with Crippen molar-refractivity contribution in [1.82, 2.24) is 0 Å². The van der Waals surface area contributed by atoms with E-state index in [4.69, 9.17) is 4.99 Å². The fraction of sp³-hybridized carbons (Fsp3) is 0.333. The zero-order valence-corrected chi connectivity index (χ0v) is 21.4. The Bertz CT molecular complexity index is 1300. The molecule has 0 radical (unpaired) electrons. The topological polar surface area (TPSA) is 79.3 Å². The van der Waals surface area contributed by atoms with Crippen molar-refractivity contribution in [2.45, 2.75) is 56.7 Å². The second-order valence-corrected chi connectivity index (χ2v) is 12.0. The highest BCUT2D eigenvalue weighted by Crippen LogP contribution is 2.45. The van der Waals surface area contributed by atoms with Crippen LogP contribution in [0.1, 0.15) is 54.3 Å². The molecule has 4 rings (SSSR count). The summed E-state index contributed by atoms with van der Waals surface area (Å²) in [5, 5.41) is 22.0. The Morgan fingerprint density at radius 3 is 2.62 bits per heavy atom. The predicted molar refractivity (Wildman–Crippen MR) is 140 cm³/mol. The molecule has 3 aromatic rings. The fourth-order valence-electron chi connectivity index (χ4n) is 4.22. The van der Waals surface area contributed by atoms with Crippen LogP contribution in [-0.2, 0) is 12.8 Å². The molecule has 0 bridgehead atoms. The summed E-state index contributed by atoms with van der Waals surface area (Å²) < 4.78 is 0. The van der Waals surface area contributed by atoms with Crippen LogP contribution in [0.2, 0.25) is 0 Å². The lowest BCUT2D eigenvalue weighted by atomic mass is 9.72. The Hall–Kier alpha value is -2.95. The number of aliphatic imine (C=N–C) groups is 1. The fourth-order valence-corrected chi connectivity index (χ4v) is 6.33. The molecule has 174 valence electrons. The standard InChI is InChI=1S/C27H27N3O2S2/c1-17-5-9-21(10-6-17)33-24-12-8-20(30(31)32)13-18(24)16-29-26-23(15-28)22-11-7-19(27(2,3)4)14-25(22)34-26/h5-6,8-10,12-13,16,19H,7,11,14H2,1-4H3/t19-/m0/s1. The summed E-state index contributed by atoms with van der Waals surface area (Å²) in [5.41, 5.74) is 3.88. The van der Waals surface area contributed by atoms with Crippen molar-refractivity contribution in [3.05, 3.63) is 79.7 Å². The number of nitro benzene ring substituents is 1. The van der Waals surface area contributed by atoms with E-state index in [1.54, 1.807) is 41.4 Å². The van der Waals surface area contributed by atoms with E-state index in [1.165, 1.54) is 16.5 Å². The smallest absolute Gasteiger partial charge is 0.258 e. The molecule has 1 aliphatic carbocycles. The first-order valence-corrected chi connectivity index (χ1v) is 12.9. The number of nitro groups is 1. The lowest BCUT2D eigenvalue weighted by Gasteiger charge is -2.33. The van der Waals surface area contributed by atoms with Gasteiger partial charge in [-0.15, -0.1) is 11.3 Å². The summed E-state index contributed by atoms with van der Waals surface area (Å²) in [6, 6.07) is 15.4. The maximum Gasteiger partial charge on any atom is 0.270 e. The van der Waals surface area contributed by atoms with Crippen molar-refractivity contribution < 1.29 is 4.92 Å². The molecular formula is C27H27N3O2S2. The van der Waals surface area contributed by atoms with E-state index >= 15 is 0 Å².